The molecule has 2 N–H and O–H groups in total. The molecule has 2 aromatic heterocycles. The number of esters is 1. The summed E-state index contributed by atoms with van der Waals surface area (Å²) in [6.45, 7) is 0.778. The van der Waals surface area contributed by atoms with Crippen LogP contribution in [0.2, 0.25) is 0 Å². The zero-order valence-electron chi connectivity index (χ0n) is 11.7. The van der Waals surface area contributed by atoms with E-state index in [1.165, 1.54) is 13.2 Å². The van der Waals surface area contributed by atoms with E-state index in [-0.39, 0.29) is 11.4 Å². The van der Waals surface area contributed by atoms with Gasteiger partial charge in [0.25, 0.3) is 0 Å². The fourth-order valence-electron chi connectivity index (χ4n) is 1.85. The number of pyridine rings is 2. The Bertz CT molecular complexity index is 602. The van der Waals surface area contributed by atoms with E-state index in [9.17, 15) is 9.90 Å². The van der Waals surface area contributed by atoms with Crippen molar-refractivity contribution < 1.29 is 14.6 Å². The quantitative estimate of drug-likeness (QED) is 0.624. The van der Waals surface area contributed by atoms with Crippen LogP contribution in [0, 0.1) is 0 Å². The second-order valence-corrected chi connectivity index (χ2v) is 4.43. The van der Waals surface area contributed by atoms with Crippen molar-refractivity contribution in [2.75, 3.05) is 19.0 Å². The van der Waals surface area contributed by atoms with Crippen molar-refractivity contribution in [2.45, 2.75) is 12.8 Å². The van der Waals surface area contributed by atoms with Gasteiger partial charge in [-0.1, -0.05) is 0 Å². The van der Waals surface area contributed by atoms with Crippen molar-refractivity contribution in [1.82, 2.24) is 9.97 Å². The van der Waals surface area contributed by atoms with Crippen molar-refractivity contribution in [1.29, 1.82) is 0 Å². The zero-order chi connectivity index (χ0) is 15.1. The summed E-state index contributed by atoms with van der Waals surface area (Å²) in [5, 5.41) is 12.8. The summed E-state index contributed by atoms with van der Waals surface area (Å²) in [5.74, 6) is -0.801. The zero-order valence-corrected chi connectivity index (χ0v) is 11.7. The van der Waals surface area contributed by atoms with Gasteiger partial charge in [0.05, 0.1) is 7.11 Å². The molecule has 0 unspecified atom stereocenters. The summed E-state index contributed by atoms with van der Waals surface area (Å²) in [4.78, 5) is 19.5. The summed E-state index contributed by atoms with van der Waals surface area (Å²) < 4.78 is 4.58. The first kappa shape index (κ1) is 14.8. The molecule has 2 rings (SSSR count). The van der Waals surface area contributed by atoms with E-state index in [4.69, 9.17) is 0 Å². The van der Waals surface area contributed by atoms with Crippen molar-refractivity contribution in [2.24, 2.45) is 0 Å². The number of nitrogens with zero attached hydrogens (tertiary/aromatic N) is 2. The molecule has 0 saturated carbocycles. The van der Waals surface area contributed by atoms with Gasteiger partial charge in [-0.25, -0.2) is 9.78 Å². The van der Waals surface area contributed by atoms with Gasteiger partial charge >= 0.3 is 5.97 Å². The molecule has 0 radical (unpaired) electrons. The fraction of sp³-hybridized carbons (Fsp3) is 0.267. The van der Waals surface area contributed by atoms with Crippen LogP contribution in [0.25, 0.3) is 0 Å². The van der Waals surface area contributed by atoms with Crippen LogP contribution in [0.4, 0.5) is 5.69 Å². The Balaban J connectivity index is 1.87. The lowest BCUT2D eigenvalue weighted by Gasteiger charge is -2.07. The minimum absolute atomic E-state index is 0.0444. The number of aromatic nitrogens is 2. The average Bonchev–Trinajstić information content (AvgIpc) is 2.53. The smallest absolute Gasteiger partial charge is 0.360 e. The van der Waals surface area contributed by atoms with Gasteiger partial charge in [0.1, 0.15) is 5.75 Å². The average molecular weight is 287 g/mol. The predicted octanol–water partition coefficient (Wildman–Crippen LogP) is 2.01. The van der Waals surface area contributed by atoms with Crippen LogP contribution in [-0.2, 0) is 11.2 Å². The maximum Gasteiger partial charge on any atom is 0.360 e. The Kier molecular flexibility index (Phi) is 5.09. The number of hydrogen-bond acceptors (Lipinski definition) is 6. The number of nitrogens with one attached hydrogen (secondary N) is 1. The Morgan fingerprint density at radius 1 is 1.29 bits per heavy atom. The van der Waals surface area contributed by atoms with E-state index < -0.39 is 5.97 Å². The maximum absolute atomic E-state index is 11.4. The molecular weight excluding hydrogens is 270 g/mol. The van der Waals surface area contributed by atoms with Gasteiger partial charge in [-0.2, -0.15) is 0 Å². The number of aryl methyl sites for hydroxylation is 1. The Morgan fingerprint density at radius 3 is 2.76 bits per heavy atom. The van der Waals surface area contributed by atoms with Gasteiger partial charge < -0.3 is 15.2 Å². The molecule has 0 atom stereocenters. The number of aromatic hydroxyl groups is 1. The molecule has 0 aliphatic heterocycles. The predicted molar refractivity (Wildman–Crippen MR) is 78.3 cm³/mol. The van der Waals surface area contributed by atoms with Crippen molar-refractivity contribution in [3.05, 3.63) is 48.0 Å². The van der Waals surface area contributed by atoms with Crippen molar-refractivity contribution in [3.8, 4) is 5.75 Å². The lowest BCUT2D eigenvalue weighted by atomic mass is 10.2. The van der Waals surface area contributed by atoms with E-state index in [2.05, 4.69) is 20.0 Å². The molecular formula is C15H17N3O3. The van der Waals surface area contributed by atoms with Crippen LogP contribution in [0.15, 0.2) is 36.7 Å². The fourth-order valence-corrected chi connectivity index (χ4v) is 1.85. The van der Waals surface area contributed by atoms with E-state index in [0.717, 1.165) is 24.3 Å². The summed E-state index contributed by atoms with van der Waals surface area (Å²) >= 11 is 0. The molecule has 6 nitrogen and oxygen atoms in total. The molecule has 0 saturated heterocycles. The molecule has 110 valence electrons. The van der Waals surface area contributed by atoms with Gasteiger partial charge in [0.15, 0.2) is 5.69 Å². The maximum atomic E-state index is 11.4. The molecule has 0 spiro atoms. The number of ether oxygens (including phenoxy) is 1. The standard InChI is InChI=1S/C15H17N3O3/c1-21-15(20)14-13(19)5-4-12(18-14)3-2-8-17-11-6-9-16-10-7-11/h4-7,9-10,19H,2-3,8H2,1H3,(H,16,17). The molecule has 0 aliphatic rings. The van der Waals surface area contributed by atoms with Crippen molar-refractivity contribution in [3.63, 3.8) is 0 Å². The van der Waals surface area contributed by atoms with E-state index in [1.54, 1.807) is 18.5 Å². The highest BCUT2D eigenvalue weighted by molar-refractivity contribution is 5.90. The van der Waals surface area contributed by atoms with Gasteiger partial charge in [0, 0.05) is 30.3 Å². The molecule has 0 amide bonds. The van der Waals surface area contributed by atoms with Gasteiger partial charge in [-0.15, -0.1) is 0 Å². The third kappa shape index (κ3) is 4.17. The third-order valence-corrected chi connectivity index (χ3v) is 2.93. The number of rotatable bonds is 6. The van der Waals surface area contributed by atoms with Crippen LogP contribution in [-0.4, -0.2) is 34.7 Å². The van der Waals surface area contributed by atoms with Gasteiger partial charge in [0.2, 0.25) is 0 Å². The molecule has 2 aromatic rings. The first-order valence-electron chi connectivity index (χ1n) is 6.62. The minimum Gasteiger partial charge on any atom is -0.505 e. The summed E-state index contributed by atoms with van der Waals surface area (Å²) in [6, 6.07) is 6.96. The highest BCUT2D eigenvalue weighted by atomic mass is 16.5. The highest BCUT2D eigenvalue weighted by Crippen LogP contribution is 2.16. The van der Waals surface area contributed by atoms with Crippen LogP contribution in [0.1, 0.15) is 22.6 Å². The summed E-state index contributed by atoms with van der Waals surface area (Å²) in [6.07, 6.45) is 5.00. The third-order valence-electron chi connectivity index (χ3n) is 2.93. The molecule has 0 fully saturated rings. The highest BCUT2D eigenvalue weighted by Gasteiger charge is 2.13. The Hall–Kier alpha value is -2.63. The lowest BCUT2D eigenvalue weighted by Crippen LogP contribution is -2.08. The number of methoxy groups -OCH3 is 1. The second-order valence-electron chi connectivity index (χ2n) is 4.43. The van der Waals surface area contributed by atoms with Crippen LogP contribution < -0.4 is 5.32 Å². The second kappa shape index (κ2) is 7.23. The van der Waals surface area contributed by atoms with Crippen LogP contribution in [0.5, 0.6) is 5.75 Å². The first-order valence-corrected chi connectivity index (χ1v) is 6.62. The monoisotopic (exact) mass is 287 g/mol. The molecule has 0 bridgehead atoms. The van der Waals surface area contributed by atoms with E-state index in [1.807, 2.05) is 12.1 Å². The molecule has 0 aromatic carbocycles. The van der Waals surface area contributed by atoms with Gasteiger partial charge in [-0.3, -0.25) is 4.98 Å². The normalized spacial score (nSPS) is 10.1. The SMILES string of the molecule is COC(=O)c1nc(CCCNc2ccncc2)ccc1O. The van der Waals surface area contributed by atoms with Crippen molar-refractivity contribution >= 4 is 11.7 Å². The number of hydrogen-bond donors (Lipinski definition) is 2. The topological polar surface area (TPSA) is 84.3 Å². The Labute approximate surface area is 122 Å². The van der Waals surface area contributed by atoms with Crippen LogP contribution in [0.3, 0.4) is 0 Å². The van der Waals surface area contributed by atoms with Gasteiger partial charge in [-0.05, 0) is 37.1 Å². The van der Waals surface area contributed by atoms with Crippen LogP contribution >= 0.6 is 0 Å². The number of carbonyl (C=O) groups excluding carboxylic acids is 1. The molecule has 0 aliphatic carbocycles. The van der Waals surface area contributed by atoms with E-state index >= 15 is 0 Å². The summed E-state index contributed by atoms with van der Waals surface area (Å²) in [7, 11) is 1.26. The first-order chi connectivity index (χ1) is 10.2. The molecule has 6 heteroatoms. The molecule has 21 heavy (non-hydrogen) atoms. The Morgan fingerprint density at radius 2 is 2.05 bits per heavy atom. The summed E-state index contributed by atoms with van der Waals surface area (Å²) in [5.41, 5.74) is 1.71. The number of anilines is 1. The van der Waals surface area contributed by atoms with E-state index in [0.29, 0.717) is 6.42 Å². The lowest BCUT2D eigenvalue weighted by molar-refractivity contribution is 0.0590. The largest absolute Gasteiger partial charge is 0.505 e. The molecule has 2 heterocycles. The minimum atomic E-state index is -0.635. The number of carbonyl (C=O) groups is 1.